The van der Waals surface area contributed by atoms with Crippen LogP contribution in [0.1, 0.15) is 31.8 Å². The Morgan fingerprint density at radius 3 is 1.50 bits per heavy atom. The van der Waals surface area contributed by atoms with Crippen LogP contribution in [0.25, 0.3) is 22.3 Å². The zero-order valence-electron chi connectivity index (χ0n) is 16.5. The number of carbonyl (C=O) groups is 2. The Balaban J connectivity index is 1.97. The van der Waals surface area contributed by atoms with Gasteiger partial charge in [-0.1, -0.05) is 36.4 Å². The molecule has 0 atom stereocenters. The third-order valence-electron chi connectivity index (χ3n) is 5.54. The van der Waals surface area contributed by atoms with Crippen LogP contribution in [0.4, 0.5) is 0 Å². The lowest BCUT2D eigenvalue weighted by Gasteiger charge is -2.31. The van der Waals surface area contributed by atoms with Crippen LogP contribution in [0.5, 0.6) is 11.5 Å². The fourth-order valence-electron chi connectivity index (χ4n) is 4.29. The molecule has 2 aliphatic rings. The van der Waals surface area contributed by atoms with Gasteiger partial charge in [0.15, 0.2) is 0 Å². The molecule has 2 aliphatic heterocycles. The van der Waals surface area contributed by atoms with Crippen molar-refractivity contribution in [1.29, 1.82) is 0 Å². The lowest BCUT2D eigenvalue weighted by molar-refractivity contribution is 0.0582. The Morgan fingerprint density at radius 1 is 0.700 bits per heavy atom. The van der Waals surface area contributed by atoms with E-state index in [1.807, 2.05) is 48.5 Å². The highest BCUT2D eigenvalue weighted by Crippen LogP contribution is 2.49. The van der Waals surface area contributed by atoms with Gasteiger partial charge in [-0.2, -0.15) is 0 Å². The molecule has 0 fully saturated rings. The molecule has 0 saturated carbocycles. The average molecular weight is 402 g/mol. The Bertz CT molecular complexity index is 1120. The van der Waals surface area contributed by atoms with Gasteiger partial charge in [0.25, 0.3) is 0 Å². The Labute approximate surface area is 173 Å². The maximum Gasteiger partial charge on any atom is 0.338 e. The van der Waals surface area contributed by atoms with Gasteiger partial charge in [0.1, 0.15) is 24.7 Å². The minimum atomic E-state index is -0.487. The van der Waals surface area contributed by atoms with E-state index >= 15 is 0 Å². The van der Waals surface area contributed by atoms with Gasteiger partial charge in [-0.05, 0) is 12.1 Å². The monoisotopic (exact) mass is 402 g/mol. The van der Waals surface area contributed by atoms with Gasteiger partial charge in [0.2, 0.25) is 0 Å². The van der Waals surface area contributed by atoms with E-state index in [4.69, 9.17) is 18.9 Å². The lowest BCUT2D eigenvalue weighted by Crippen LogP contribution is -2.23. The number of hydrogen-bond acceptors (Lipinski definition) is 6. The van der Waals surface area contributed by atoms with Crippen LogP contribution in [-0.2, 0) is 22.7 Å². The first-order valence-corrected chi connectivity index (χ1v) is 9.48. The zero-order chi connectivity index (χ0) is 20.8. The average Bonchev–Trinajstić information content (AvgIpc) is 2.81. The molecule has 0 radical (unpaired) electrons. The Morgan fingerprint density at radius 2 is 1.10 bits per heavy atom. The number of rotatable bonds is 2. The summed E-state index contributed by atoms with van der Waals surface area (Å²) in [5.41, 5.74) is 4.71. The normalized spacial score (nSPS) is 12.9. The number of para-hydroxylation sites is 2. The second-order valence-electron chi connectivity index (χ2n) is 7.01. The number of fused-ring (bicyclic) bond motifs is 6. The molecule has 3 aromatic rings. The van der Waals surface area contributed by atoms with Crippen molar-refractivity contribution in [3.05, 3.63) is 70.8 Å². The summed E-state index contributed by atoms with van der Waals surface area (Å²) in [6.45, 7) is 0.272. The molecule has 0 aliphatic carbocycles. The molecule has 0 N–H and O–H groups in total. The largest absolute Gasteiger partial charge is 0.488 e. The Kier molecular flexibility index (Phi) is 4.20. The van der Waals surface area contributed by atoms with Crippen LogP contribution in [0.15, 0.2) is 48.5 Å². The summed E-state index contributed by atoms with van der Waals surface area (Å²) in [6.07, 6.45) is 0. The van der Waals surface area contributed by atoms with E-state index in [0.717, 1.165) is 11.1 Å². The first kappa shape index (κ1) is 18.2. The van der Waals surface area contributed by atoms with Gasteiger partial charge in [0, 0.05) is 33.4 Å². The molecule has 5 rings (SSSR count). The summed E-state index contributed by atoms with van der Waals surface area (Å²) >= 11 is 0. The van der Waals surface area contributed by atoms with Crippen molar-refractivity contribution < 1.29 is 28.5 Å². The van der Waals surface area contributed by atoms with E-state index in [1.165, 1.54) is 14.2 Å². The van der Waals surface area contributed by atoms with Crippen LogP contribution >= 0.6 is 0 Å². The third-order valence-corrected chi connectivity index (χ3v) is 5.54. The van der Waals surface area contributed by atoms with Gasteiger partial charge >= 0.3 is 11.9 Å². The second kappa shape index (κ2) is 6.91. The number of carbonyl (C=O) groups excluding carboxylic acids is 2. The summed E-state index contributed by atoms with van der Waals surface area (Å²) in [4.78, 5) is 26.0. The van der Waals surface area contributed by atoms with E-state index in [-0.39, 0.29) is 13.2 Å². The minimum Gasteiger partial charge on any atom is -0.488 e. The first-order chi connectivity index (χ1) is 14.7. The third kappa shape index (κ3) is 2.50. The van der Waals surface area contributed by atoms with E-state index in [2.05, 4.69) is 0 Å². The smallest absolute Gasteiger partial charge is 0.338 e. The predicted octanol–water partition coefficient (Wildman–Crippen LogP) is 4.38. The van der Waals surface area contributed by atoms with Crippen LogP contribution in [0.2, 0.25) is 0 Å². The number of ether oxygens (including phenoxy) is 4. The summed E-state index contributed by atoms with van der Waals surface area (Å²) in [5, 5.41) is 0. The number of hydrogen-bond donors (Lipinski definition) is 0. The molecule has 0 bridgehead atoms. The zero-order valence-corrected chi connectivity index (χ0v) is 16.5. The number of benzene rings is 3. The van der Waals surface area contributed by atoms with Crippen molar-refractivity contribution in [1.82, 2.24) is 0 Å². The highest BCUT2D eigenvalue weighted by atomic mass is 16.5. The van der Waals surface area contributed by atoms with Crippen molar-refractivity contribution >= 4 is 11.9 Å². The van der Waals surface area contributed by atoms with E-state index in [1.54, 1.807) is 0 Å². The van der Waals surface area contributed by atoms with Crippen LogP contribution in [-0.4, -0.2) is 26.2 Å². The maximum absolute atomic E-state index is 13.0. The SMILES string of the molecule is COC(=O)c1c2c(c(C(=O)OC)c3c1-c1ccccc1OC3)-c1ccccc1OC2. The topological polar surface area (TPSA) is 71.1 Å². The molecule has 0 amide bonds. The molecule has 6 nitrogen and oxygen atoms in total. The molecule has 0 unspecified atom stereocenters. The quantitative estimate of drug-likeness (QED) is 0.593. The summed E-state index contributed by atoms with van der Waals surface area (Å²) in [6, 6.07) is 14.9. The standard InChI is InChI=1S/C24H18O6/c1-27-23(25)21-15-11-29-18-10-6-4-8-14(18)20(15)22(24(26)28-2)16-12-30-17-9-5-3-7-13(17)19(16)21/h3-10H,11-12H2,1-2H3. The predicted molar refractivity (Wildman–Crippen MR) is 109 cm³/mol. The molecule has 6 heteroatoms. The molecule has 0 saturated heterocycles. The maximum atomic E-state index is 13.0. The number of esters is 2. The molecule has 3 aromatic carbocycles. The second-order valence-corrected chi connectivity index (χ2v) is 7.01. The van der Waals surface area contributed by atoms with Crippen molar-refractivity contribution in [2.24, 2.45) is 0 Å². The van der Waals surface area contributed by atoms with Crippen molar-refractivity contribution in [3.8, 4) is 33.8 Å². The molecule has 0 aromatic heterocycles. The van der Waals surface area contributed by atoms with Crippen LogP contribution < -0.4 is 9.47 Å². The van der Waals surface area contributed by atoms with Gasteiger partial charge < -0.3 is 18.9 Å². The van der Waals surface area contributed by atoms with Gasteiger partial charge in [-0.15, -0.1) is 0 Å². The molecular weight excluding hydrogens is 384 g/mol. The molecule has 30 heavy (non-hydrogen) atoms. The van der Waals surface area contributed by atoms with Crippen molar-refractivity contribution in [2.75, 3.05) is 14.2 Å². The molecular formula is C24H18O6. The van der Waals surface area contributed by atoms with Gasteiger partial charge in [0.05, 0.1) is 25.3 Å². The highest BCUT2D eigenvalue weighted by molar-refractivity contribution is 6.10. The first-order valence-electron chi connectivity index (χ1n) is 9.48. The fourth-order valence-corrected chi connectivity index (χ4v) is 4.29. The van der Waals surface area contributed by atoms with Gasteiger partial charge in [-0.3, -0.25) is 0 Å². The lowest BCUT2D eigenvalue weighted by atomic mass is 9.79. The van der Waals surface area contributed by atoms with E-state index < -0.39 is 11.9 Å². The molecule has 150 valence electrons. The van der Waals surface area contributed by atoms with Crippen LogP contribution in [0.3, 0.4) is 0 Å². The molecule has 2 heterocycles. The summed E-state index contributed by atoms with van der Waals surface area (Å²) in [7, 11) is 2.69. The Hall–Kier alpha value is -3.80. The highest BCUT2D eigenvalue weighted by Gasteiger charge is 2.37. The van der Waals surface area contributed by atoms with Crippen molar-refractivity contribution in [3.63, 3.8) is 0 Å². The van der Waals surface area contributed by atoms with E-state index in [9.17, 15) is 9.59 Å². The van der Waals surface area contributed by atoms with Crippen LogP contribution in [0, 0.1) is 0 Å². The molecule has 0 spiro atoms. The van der Waals surface area contributed by atoms with E-state index in [0.29, 0.717) is 44.9 Å². The number of methoxy groups -OCH3 is 2. The fraction of sp³-hybridized carbons (Fsp3) is 0.167. The summed E-state index contributed by atoms with van der Waals surface area (Å²) < 4.78 is 22.2. The minimum absolute atomic E-state index is 0.136. The van der Waals surface area contributed by atoms with Crippen molar-refractivity contribution in [2.45, 2.75) is 13.2 Å². The van der Waals surface area contributed by atoms with Gasteiger partial charge in [-0.25, -0.2) is 9.59 Å². The summed E-state index contributed by atoms with van der Waals surface area (Å²) in [5.74, 6) is 0.309.